The highest BCUT2D eigenvalue weighted by molar-refractivity contribution is 6.50. The van der Waals surface area contributed by atoms with Crippen LogP contribution in [0.2, 0.25) is 0 Å². The van der Waals surface area contributed by atoms with Gasteiger partial charge in [0.1, 0.15) is 0 Å². The monoisotopic (exact) mass is 494 g/mol. The van der Waals surface area contributed by atoms with Gasteiger partial charge in [-0.15, -0.1) is 0 Å². The smallest absolute Gasteiger partial charge is 0.407 e. The first-order chi connectivity index (χ1) is 17.7. The molecular formula is C29H26N4O4. The summed E-state index contributed by atoms with van der Waals surface area (Å²) in [5.41, 5.74) is 6.44. The first-order valence-electron chi connectivity index (χ1n) is 12.6. The Hall–Kier alpha value is -4.33. The van der Waals surface area contributed by atoms with Gasteiger partial charge in [0.05, 0.1) is 28.7 Å². The van der Waals surface area contributed by atoms with Gasteiger partial charge in [-0.05, 0) is 23.0 Å². The lowest BCUT2D eigenvalue weighted by Gasteiger charge is -2.31. The number of carboxylic acid groups (broad SMARTS) is 1. The number of hydrogen-bond acceptors (Lipinski definition) is 3. The summed E-state index contributed by atoms with van der Waals surface area (Å²) in [6.45, 7) is 6.43. The predicted molar refractivity (Wildman–Crippen MR) is 140 cm³/mol. The van der Waals surface area contributed by atoms with Crippen LogP contribution in [0.3, 0.4) is 0 Å². The lowest BCUT2D eigenvalue weighted by Crippen LogP contribution is -2.30. The van der Waals surface area contributed by atoms with E-state index in [9.17, 15) is 19.5 Å². The Bertz CT molecular complexity index is 1740. The Balaban J connectivity index is 1.49. The van der Waals surface area contributed by atoms with Gasteiger partial charge in [-0.3, -0.25) is 14.9 Å². The summed E-state index contributed by atoms with van der Waals surface area (Å²) in [5, 5.41) is 13.9. The van der Waals surface area contributed by atoms with Gasteiger partial charge in [-0.1, -0.05) is 50.2 Å². The molecule has 2 aromatic heterocycles. The molecule has 37 heavy (non-hydrogen) atoms. The van der Waals surface area contributed by atoms with E-state index in [0.717, 1.165) is 45.9 Å². The van der Waals surface area contributed by atoms with Crippen LogP contribution in [-0.4, -0.2) is 43.6 Å². The van der Waals surface area contributed by atoms with Crippen molar-refractivity contribution in [3.05, 3.63) is 71.0 Å². The molecule has 2 N–H and O–H groups in total. The topological polar surface area (TPSA) is 96.6 Å². The van der Waals surface area contributed by atoms with Crippen molar-refractivity contribution in [3.8, 4) is 0 Å². The number of carbonyl (C=O) groups excluding carboxylic acids is 2. The van der Waals surface area contributed by atoms with Gasteiger partial charge in [-0.25, -0.2) is 4.79 Å². The average Bonchev–Trinajstić information content (AvgIpc) is 3.45. The fraction of sp³-hybridized carbons (Fsp3) is 0.276. The summed E-state index contributed by atoms with van der Waals surface area (Å²) < 4.78 is 4.23. The number of imide groups is 1. The zero-order valence-corrected chi connectivity index (χ0v) is 20.7. The third kappa shape index (κ3) is 2.98. The molecular weight excluding hydrogens is 468 g/mol. The second kappa shape index (κ2) is 7.35. The number of aryl methyl sites for hydroxylation is 1. The van der Waals surface area contributed by atoms with Gasteiger partial charge in [0.2, 0.25) is 0 Å². The molecule has 186 valence electrons. The van der Waals surface area contributed by atoms with Crippen LogP contribution in [0.4, 0.5) is 4.79 Å². The summed E-state index contributed by atoms with van der Waals surface area (Å²) >= 11 is 0. The fourth-order valence-electron chi connectivity index (χ4n) is 6.40. The number of rotatable bonds is 2. The summed E-state index contributed by atoms with van der Waals surface area (Å²) in [6.07, 6.45) is 3.97. The molecule has 0 unspecified atom stereocenters. The van der Waals surface area contributed by atoms with Crippen molar-refractivity contribution >= 4 is 50.9 Å². The molecule has 0 saturated heterocycles. The van der Waals surface area contributed by atoms with Crippen molar-refractivity contribution in [3.63, 3.8) is 0 Å². The van der Waals surface area contributed by atoms with Crippen LogP contribution in [0.15, 0.2) is 48.8 Å². The quantitative estimate of drug-likeness (QED) is 0.405. The van der Waals surface area contributed by atoms with E-state index in [0.29, 0.717) is 29.8 Å². The lowest BCUT2D eigenvalue weighted by molar-refractivity contribution is -0.122. The van der Waals surface area contributed by atoms with Crippen LogP contribution in [-0.2, 0) is 34.6 Å². The predicted octanol–water partition coefficient (Wildman–Crippen LogP) is 4.34. The largest absolute Gasteiger partial charge is 0.465 e. The summed E-state index contributed by atoms with van der Waals surface area (Å²) in [5.74, 6) is -0.787. The second-order valence-electron chi connectivity index (χ2n) is 10.9. The van der Waals surface area contributed by atoms with Crippen molar-refractivity contribution in [2.45, 2.75) is 45.3 Å². The first kappa shape index (κ1) is 21.9. The maximum absolute atomic E-state index is 13.3. The molecule has 0 radical (unpaired) electrons. The number of para-hydroxylation sites is 2. The van der Waals surface area contributed by atoms with E-state index >= 15 is 0 Å². The molecule has 0 fully saturated rings. The number of aromatic nitrogens is 2. The van der Waals surface area contributed by atoms with Gasteiger partial charge >= 0.3 is 6.09 Å². The van der Waals surface area contributed by atoms with Gasteiger partial charge in [0, 0.05) is 53.9 Å². The number of nitrogens with one attached hydrogen (secondary N) is 1. The molecule has 5 heterocycles. The minimum absolute atomic E-state index is 0.0253. The lowest BCUT2D eigenvalue weighted by atomic mass is 9.78. The number of benzene rings is 2. The Morgan fingerprint density at radius 3 is 2.16 bits per heavy atom. The molecule has 7 rings (SSSR count). The van der Waals surface area contributed by atoms with Crippen LogP contribution in [0.5, 0.6) is 0 Å². The van der Waals surface area contributed by atoms with E-state index in [1.807, 2.05) is 47.3 Å². The highest BCUT2D eigenvalue weighted by Crippen LogP contribution is 2.44. The third-order valence-electron chi connectivity index (χ3n) is 8.30. The minimum atomic E-state index is -0.954. The van der Waals surface area contributed by atoms with Crippen LogP contribution in [0, 0.1) is 0 Å². The molecule has 0 bridgehead atoms. The van der Waals surface area contributed by atoms with Gasteiger partial charge < -0.3 is 19.1 Å². The molecule has 0 saturated carbocycles. The van der Waals surface area contributed by atoms with E-state index in [-0.39, 0.29) is 17.9 Å². The van der Waals surface area contributed by atoms with Crippen molar-refractivity contribution in [1.29, 1.82) is 0 Å². The zero-order chi connectivity index (χ0) is 25.6. The van der Waals surface area contributed by atoms with Crippen LogP contribution < -0.4 is 5.32 Å². The fourth-order valence-corrected chi connectivity index (χ4v) is 6.40. The van der Waals surface area contributed by atoms with Crippen molar-refractivity contribution < 1.29 is 19.5 Å². The Labute approximate surface area is 212 Å². The van der Waals surface area contributed by atoms with E-state index < -0.39 is 12.0 Å². The number of amides is 3. The zero-order valence-electron chi connectivity index (χ0n) is 20.7. The summed E-state index contributed by atoms with van der Waals surface area (Å²) in [4.78, 5) is 39.7. The molecule has 0 spiro atoms. The molecule has 3 aliphatic heterocycles. The Morgan fingerprint density at radius 1 is 0.865 bits per heavy atom. The number of carbonyl (C=O) groups is 3. The molecule has 4 aromatic rings. The molecule has 2 aromatic carbocycles. The maximum Gasteiger partial charge on any atom is 0.407 e. The van der Waals surface area contributed by atoms with Crippen molar-refractivity contribution in [1.82, 2.24) is 19.4 Å². The first-order valence-corrected chi connectivity index (χ1v) is 12.6. The second-order valence-corrected chi connectivity index (χ2v) is 10.9. The minimum Gasteiger partial charge on any atom is -0.465 e. The van der Waals surface area contributed by atoms with Gasteiger partial charge in [0.15, 0.2) is 0 Å². The average molecular weight is 495 g/mol. The third-order valence-corrected chi connectivity index (χ3v) is 8.30. The van der Waals surface area contributed by atoms with E-state index in [1.165, 1.54) is 10.5 Å². The highest BCUT2D eigenvalue weighted by Gasteiger charge is 2.37. The highest BCUT2D eigenvalue weighted by atomic mass is 16.4. The van der Waals surface area contributed by atoms with Crippen molar-refractivity contribution in [2.24, 2.45) is 0 Å². The standard InChI is InChI=1S/C29H26N4O4/c1-29(2)9-10-31-14-20(18-7-4-8-21(29)25(18)31)23-22(26(34)30-27(23)35)19-15-32-11-12-33(28(36)37)13-16-5-3-6-17(19)24(16)32/h3-8,14-15H,9-13H2,1-2H3,(H,36,37)(H,30,34,35). The van der Waals surface area contributed by atoms with Gasteiger partial charge in [-0.2, -0.15) is 0 Å². The molecule has 0 atom stereocenters. The van der Waals surface area contributed by atoms with E-state index in [4.69, 9.17) is 0 Å². The van der Waals surface area contributed by atoms with E-state index in [2.05, 4.69) is 29.8 Å². The SMILES string of the molecule is CC1(C)CCn2cc(C3=C(c4cn5c6c(cccc46)CN(C(=O)O)CC5)C(=O)NC3=O)c3cccc1c32. The van der Waals surface area contributed by atoms with Crippen LogP contribution in [0.1, 0.15) is 42.5 Å². The van der Waals surface area contributed by atoms with Gasteiger partial charge in [0.25, 0.3) is 11.8 Å². The number of hydrogen-bond donors (Lipinski definition) is 2. The number of nitrogens with zero attached hydrogens (tertiary/aromatic N) is 3. The molecule has 8 heteroatoms. The maximum atomic E-state index is 13.3. The Morgan fingerprint density at radius 2 is 1.49 bits per heavy atom. The molecule has 3 amide bonds. The van der Waals surface area contributed by atoms with E-state index in [1.54, 1.807) is 0 Å². The van der Waals surface area contributed by atoms with Crippen LogP contribution >= 0.6 is 0 Å². The Kier molecular flexibility index (Phi) is 4.35. The summed E-state index contributed by atoms with van der Waals surface area (Å²) in [6, 6.07) is 12.0. The molecule has 3 aliphatic rings. The normalized spacial score (nSPS) is 18.6. The molecule has 0 aliphatic carbocycles. The summed E-state index contributed by atoms with van der Waals surface area (Å²) in [7, 11) is 0. The van der Waals surface area contributed by atoms with Crippen molar-refractivity contribution in [2.75, 3.05) is 6.54 Å². The molecule has 8 nitrogen and oxygen atoms in total. The van der Waals surface area contributed by atoms with Crippen LogP contribution in [0.25, 0.3) is 33.0 Å².